The lowest BCUT2D eigenvalue weighted by molar-refractivity contribution is 0.0928. The molecule has 1 N–H and O–H groups in total. The number of thiazole rings is 1. The maximum Gasteiger partial charge on any atom is 0.107 e. The average molecular weight is 268 g/mol. The first-order valence-electron chi connectivity index (χ1n) is 6.75. The van der Waals surface area contributed by atoms with Crippen LogP contribution < -0.4 is 5.32 Å². The molecular formula is C13H24N4S. The summed E-state index contributed by atoms with van der Waals surface area (Å²) in [6.07, 6.45) is 0. The normalized spacial score (nSPS) is 22.5. The van der Waals surface area contributed by atoms with E-state index in [4.69, 9.17) is 4.98 Å². The second-order valence-corrected chi connectivity index (χ2v) is 6.04. The Morgan fingerprint density at radius 3 is 3.06 bits per heavy atom. The third kappa shape index (κ3) is 3.75. The molecule has 0 aromatic carbocycles. The first-order chi connectivity index (χ1) is 8.69. The number of piperazine rings is 1. The molecule has 0 aliphatic carbocycles. The van der Waals surface area contributed by atoms with E-state index in [-0.39, 0.29) is 0 Å². The number of hydrogen-bond acceptors (Lipinski definition) is 5. The van der Waals surface area contributed by atoms with E-state index in [2.05, 4.69) is 41.4 Å². The van der Waals surface area contributed by atoms with Gasteiger partial charge in [-0.05, 0) is 20.5 Å². The fourth-order valence-corrected chi connectivity index (χ4v) is 3.11. The SMILES string of the molecule is CCNCc1nc(CN2CCN(C)CC2C)cs1. The third-order valence-corrected chi connectivity index (χ3v) is 4.36. The zero-order chi connectivity index (χ0) is 13.0. The topological polar surface area (TPSA) is 31.4 Å². The van der Waals surface area contributed by atoms with E-state index < -0.39 is 0 Å². The van der Waals surface area contributed by atoms with Crippen molar-refractivity contribution in [1.29, 1.82) is 0 Å². The van der Waals surface area contributed by atoms with Gasteiger partial charge in [0.05, 0.1) is 5.69 Å². The highest BCUT2D eigenvalue weighted by Gasteiger charge is 2.21. The largest absolute Gasteiger partial charge is 0.311 e. The molecule has 1 atom stereocenters. The second-order valence-electron chi connectivity index (χ2n) is 5.09. The highest BCUT2D eigenvalue weighted by atomic mass is 32.1. The predicted octanol–water partition coefficient (Wildman–Crippen LogP) is 1.39. The minimum atomic E-state index is 0.627. The lowest BCUT2D eigenvalue weighted by atomic mass is 10.2. The Morgan fingerprint density at radius 2 is 2.33 bits per heavy atom. The first kappa shape index (κ1) is 13.9. The Hall–Kier alpha value is -0.490. The van der Waals surface area contributed by atoms with Gasteiger partial charge in [0.1, 0.15) is 5.01 Å². The molecule has 0 radical (unpaired) electrons. The van der Waals surface area contributed by atoms with Gasteiger partial charge < -0.3 is 10.2 Å². The quantitative estimate of drug-likeness (QED) is 0.874. The maximum absolute atomic E-state index is 4.70. The van der Waals surface area contributed by atoms with Crippen LogP contribution in [0, 0.1) is 0 Å². The molecule has 1 aliphatic heterocycles. The highest BCUT2D eigenvalue weighted by molar-refractivity contribution is 7.09. The van der Waals surface area contributed by atoms with Gasteiger partial charge in [0.25, 0.3) is 0 Å². The molecule has 1 aromatic rings. The summed E-state index contributed by atoms with van der Waals surface area (Å²) in [6, 6.07) is 0.627. The Kier molecular flexibility index (Phi) is 5.12. The molecule has 0 bridgehead atoms. The molecule has 1 fully saturated rings. The van der Waals surface area contributed by atoms with Crippen LogP contribution in [0.25, 0.3) is 0 Å². The van der Waals surface area contributed by atoms with Crippen molar-refractivity contribution in [2.75, 3.05) is 33.2 Å². The predicted molar refractivity (Wildman–Crippen MR) is 76.9 cm³/mol. The fourth-order valence-electron chi connectivity index (χ4n) is 2.35. The van der Waals surface area contributed by atoms with Crippen LogP contribution in [-0.4, -0.2) is 54.1 Å². The van der Waals surface area contributed by atoms with Gasteiger partial charge in [-0.25, -0.2) is 4.98 Å². The van der Waals surface area contributed by atoms with Gasteiger partial charge in [-0.2, -0.15) is 0 Å². The molecule has 0 saturated carbocycles. The second kappa shape index (κ2) is 6.61. The van der Waals surface area contributed by atoms with Crippen LogP contribution in [0.5, 0.6) is 0 Å². The Balaban J connectivity index is 1.87. The maximum atomic E-state index is 4.70. The van der Waals surface area contributed by atoms with Crippen molar-refractivity contribution in [3.63, 3.8) is 0 Å². The summed E-state index contributed by atoms with van der Waals surface area (Å²) in [7, 11) is 2.20. The van der Waals surface area contributed by atoms with Crippen LogP contribution in [0.3, 0.4) is 0 Å². The summed E-state index contributed by atoms with van der Waals surface area (Å²) >= 11 is 1.77. The number of aromatic nitrogens is 1. The smallest absolute Gasteiger partial charge is 0.107 e. The van der Waals surface area contributed by atoms with Crippen LogP contribution in [0.4, 0.5) is 0 Å². The molecule has 0 amide bonds. The summed E-state index contributed by atoms with van der Waals surface area (Å²) in [5.74, 6) is 0. The fraction of sp³-hybridized carbons (Fsp3) is 0.769. The summed E-state index contributed by atoms with van der Waals surface area (Å²) in [5, 5.41) is 6.73. The van der Waals surface area contributed by atoms with Crippen molar-refractivity contribution in [1.82, 2.24) is 20.1 Å². The van der Waals surface area contributed by atoms with Crippen LogP contribution in [0.2, 0.25) is 0 Å². The van der Waals surface area contributed by atoms with Crippen LogP contribution in [0.1, 0.15) is 24.5 Å². The lowest BCUT2D eigenvalue weighted by Crippen LogP contribution is -2.49. The molecule has 102 valence electrons. The lowest BCUT2D eigenvalue weighted by Gasteiger charge is -2.37. The molecule has 1 saturated heterocycles. The van der Waals surface area contributed by atoms with E-state index in [1.165, 1.54) is 17.2 Å². The molecular weight excluding hydrogens is 244 g/mol. The van der Waals surface area contributed by atoms with Gasteiger partial charge >= 0.3 is 0 Å². The Labute approximate surface area is 114 Å². The van der Waals surface area contributed by atoms with E-state index >= 15 is 0 Å². The molecule has 1 aliphatic rings. The number of nitrogens with one attached hydrogen (secondary N) is 1. The number of hydrogen-bond donors (Lipinski definition) is 1. The van der Waals surface area contributed by atoms with Crippen LogP contribution in [0.15, 0.2) is 5.38 Å². The van der Waals surface area contributed by atoms with E-state index in [1.54, 1.807) is 11.3 Å². The summed E-state index contributed by atoms with van der Waals surface area (Å²) in [6.45, 7) is 10.8. The van der Waals surface area contributed by atoms with Crippen molar-refractivity contribution in [2.24, 2.45) is 0 Å². The van der Waals surface area contributed by atoms with Crippen molar-refractivity contribution in [3.05, 3.63) is 16.1 Å². The van der Waals surface area contributed by atoms with Crippen molar-refractivity contribution >= 4 is 11.3 Å². The molecule has 0 spiro atoms. The minimum absolute atomic E-state index is 0.627. The van der Waals surface area contributed by atoms with Crippen LogP contribution >= 0.6 is 11.3 Å². The molecule has 1 aromatic heterocycles. The van der Waals surface area contributed by atoms with Gasteiger partial charge in [-0.3, -0.25) is 4.90 Å². The summed E-state index contributed by atoms with van der Waals surface area (Å²) in [5.41, 5.74) is 1.23. The van der Waals surface area contributed by atoms with E-state index in [1.807, 2.05) is 0 Å². The molecule has 5 heteroatoms. The standard InChI is InChI=1S/C13H24N4S/c1-4-14-7-13-15-12(10-18-13)9-17-6-5-16(3)8-11(17)2/h10-11,14H,4-9H2,1-3H3. The average Bonchev–Trinajstić information content (AvgIpc) is 2.78. The summed E-state index contributed by atoms with van der Waals surface area (Å²) in [4.78, 5) is 9.63. The van der Waals surface area contributed by atoms with Crippen molar-refractivity contribution < 1.29 is 0 Å². The molecule has 2 rings (SSSR count). The highest BCUT2D eigenvalue weighted by Crippen LogP contribution is 2.15. The summed E-state index contributed by atoms with van der Waals surface area (Å²) < 4.78 is 0. The molecule has 1 unspecified atom stereocenters. The van der Waals surface area contributed by atoms with Gasteiger partial charge in [0, 0.05) is 44.1 Å². The van der Waals surface area contributed by atoms with Gasteiger partial charge in [0.15, 0.2) is 0 Å². The van der Waals surface area contributed by atoms with E-state index in [0.717, 1.165) is 32.7 Å². The van der Waals surface area contributed by atoms with E-state index in [0.29, 0.717) is 6.04 Å². The van der Waals surface area contributed by atoms with Crippen molar-refractivity contribution in [2.45, 2.75) is 33.0 Å². The zero-order valence-electron chi connectivity index (χ0n) is 11.6. The van der Waals surface area contributed by atoms with Gasteiger partial charge in [-0.1, -0.05) is 6.92 Å². The Bertz CT molecular complexity index is 366. The number of likely N-dealkylation sites (N-methyl/N-ethyl adjacent to an activating group) is 1. The van der Waals surface area contributed by atoms with E-state index in [9.17, 15) is 0 Å². The first-order valence-corrected chi connectivity index (χ1v) is 7.63. The number of nitrogens with zero attached hydrogens (tertiary/aromatic N) is 3. The third-order valence-electron chi connectivity index (χ3n) is 3.46. The zero-order valence-corrected chi connectivity index (χ0v) is 12.5. The van der Waals surface area contributed by atoms with Crippen LogP contribution in [-0.2, 0) is 13.1 Å². The van der Waals surface area contributed by atoms with Gasteiger partial charge in [-0.15, -0.1) is 11.3 Å². The Morgan fingerprint density at radius 1 is 1.50 bits per heavy atom. The molecule has 18 heavy (non-hydrogen) atoms. The minimum Gasteiger partial charge on any atom is -0.311 e. The number of rotatable bonds is 5. The molecule has 2 heterocycles. The molecule has 4 nitrogen and oxygen atoms in total. The van der Waals surface area contributed by atoms with Gasteiger partial charge in [0.2, 0.25) is 0 Å². The monoisotopic (exact) mass is 268 g/mol. The van der Waals surface area contributed by atoms with Crippen molar-refractivity contribution in [3.8, 4) is 0 Å².